The van der Waals surface area contributed by atoms with Crippen molar-refractivity contribution in [3.8, 4) is 0 Å². The third-order valence-electron chi connectivity index (χ3n) is 4.35. The molecule has 0 bridgehead atoms. The summed E-state index contributed by atoms with van der Waals surface area (Å²) in [6, 6.07) is -1.76. The van der Waals surface area contributed by atoms with Crippen molar-refractivity contribution in [2.24, 2.45) is 0 Å². The Hall–Kier alpha value is -1.83. The average molecular weight is 371 g/mol. The minimum atomic E-state index is -1.06. The summed E-state index contributed by atoms with van der Waals surface area (Å²) >= 11 is 0. The van der Waals surface area contributed by atoms with E-state index in [9.17, 15) is 25.0 Å². The number of rotatable bonds is 17. The Morgan fingerprint density at radius 2 is 1.54 bits per heavy atom. The fourth-order valence-corrected chi connectivity index (χ4v) is 2.75. The maximum absolute atomic E-state index is 11.2. The number of hydrogen-bond donors (Lipinski definition) is 1. The highest BCUT2D eigenvalue weighted by molar-refractivity contribution is 5.56. The maximum Gasteiger partial charge on any atom is 0.229 e. The van der Waals surface area contributed by atoms with Gasteiger partial charge in [0.15, 0.2) is 0 Å². The summed E-state index contributed by atoms with van der Waals surface area (Å²) < 4.78 is 0. The van der Waals surface area contributed by atoms with Gasteiger partial charge in [0.05, 0.1) is 6.42 Å². The monoisotopic (exact) mass is 371 g/mol. The van der Waals surface area contributed by atoms with E-state index in [0.29, 0.717) is 32.1 Å². The van der Waals surface area contributed by atoms with E-state index in [-0.39, 0.29) is 17.8 Å². The van der Waals surface area contributed by atoms with Gasteiger partial charge in [0, 0.05) is 22.7 Å². The topological polar surface area (TPSA) is 124 Å². The normalized spacial score (nSPS) is 14.8. The standard InChI is InChI=1S/C18H31N2O6/c1-2-3-4-8-11-16(19(23)24)14-17(20(25)26)12-9-6-5-7-10-13-18(22)15-21/h5-6,16-18,22H,2-4,7-14H2,1H3/b6-5+. The van der Waals surface area contributed by atoms with Crippen molar-refractivity contribution in [3.05, 3.63) is 32.4 Å². The van der Waals surface area contributed by atoms with Gasteiger partial charge in [-0.05, 0) is 32.1 Å². The first kappa shape index (κ1) is 24.2. The molecule has 0 heterocycles. The first-order chi connectivity index (χ1) is 12.4. The second-order valence-corrected chi connectivity index (χ2v) is 6.58. The van der Waals surface area contributed by atoms with Gasteiger partial charge >= 0.3 is 0 Å². The third-order valence-corrected chi connectivity index (χ3v) is 4.35. The SMILES string of the molecule is CCCCCCC(CC(CC/C=C/CCCC(O)[C]=O)[N+](=O)[O-])[N+](=O)[O-]. The molecule has 0 spiro atoms. The number of nitrogens with zero attached hydrogens (tertiary/aromatic N) is 2. The molecule has 0 rings (SSSR count). The van der Waals surface area contributed by atoms with Gasteiger partial charge in [-0.15, -0.1) is 0 Å². The summed E-state index contributed by atoms with van der Waals surface area (Å²) in [4.78, 5) is 31.7. The third kappa shape index (κ3) is 12.5. The molecule has 0 fully saturated rings. The Kier molecular flexibility index (Phi) is 14.3. The molecular weight excluding hydrogens is 340 g/mol. The van der Waals surface area contributed by atoms with E-state index >= 15 is 0 Å². The van der Waals surface area contributed by atoms with Gasteiger partial charge in [0.1, 0.15) is 6.10 Å². The van der Waals surface area contributed by atoms with Crippen LogP contribution in [0.3, 0.4) is 0 Å². The lowest BCUT2D eigenvalue weighted by atomic mass is 9.98. The van der Waals surface area contributed by atoms with E-state index in [4.69, 9.17) is 5.11 Å². The summed E-state index contributed by atoms with van der Waals surface area (Å²) in [5, 5.41) is 31.4. The van der Waals surface area contributed by atoms with Gasteiger partial charge in [-0.25, -0.2) is 0 Å². The molecule has 8 nitrogen and oxygen atoms in total. The molecule has 0 aliphatic heterocycles. The lowest BCUT2D eigenvalue weighted by Crippen LogP contribution is -2.30. The lowest BCUT2D eigenvalue weighted by molar-refractivity contribution is -0.561. The van der Waals surface area contributed by atoms with E-state index in [2.05, 4.69) is 6.92 Å². The van der Waals surface area contributed by atoms with Crippen LogP contribution in [0.5, 0.6) is 0 Å². The van der Waals surface area contributed by atoms with Crippen molar-refractivity contribution >= 4 is 6.29 Å². The number of nitro groups is 2. The molecule has 0 aliphatic rings. The van der Waals surface area contributed by atoms with Gasteiger partial charge in [-0.1, -0.05) is 38.3 Å². The van der Waals surface area contributed by atoms with Crippen molar-refractivity contribution < 1.29 is 19.7 Å². The number of allylic oxidation sites excluding steroid dienone is 2. The molecule has 0 aliphatic carbocycles. The summed E-state index contributed by atoms with van der Waals surface area (Å²) in [5.41, 5.74) is 0. The van der Waals surface area contributed by atoms with E-state index in [1.807, 2.05) is 12.2 Å². The van der Waals surface area contributed by atoms with E-state index in [0.717, 1.165) is 25.7 Å². The molecule has 0 aromatic carbocycles. The summed E-state index contributed by atoms with van der Waals surface area (Å²) in [6.07, 6.45) is 10.6. The minimum absolute atomic E-state index is 0.0265. The zero-order valence-electron chi connectivity index (χ0n) is 15.5. The highest BCUT2D eigenvalue weighted by atomic mass is 16.6. The number of aliphatic hydroxyl groups is 1. The van der Waals surface area contributed by atoms with Crippen LogP contribution in [0.4, 0.5) is 0 Å². The molecule has 0 aromatic rings. The summed E-state index contributed by atoms with van der Waals surface area (Å²) in [6.45, 7) is 2.06. The molecular formula is C18H31N2O6. The highest BCUT2D eigenvalue weighted by Gasteiger charge is 2.30. The van der Waals surface area contributed by atoms with Crippen LogP contribution in [0.15, 0.2) is 12.2 Å². The Morgan fingerprint density at radius 3 is 2.12 bits per heavy atom. The molecule has 3 atom stereocenters. The van der Waals surface area contributed by atoms with Crippen LogP contribution >= 0.6 is 0 Å². The van der Waals surface area contributed by atoms with Crippen LogP contribution in [0, 0.1) is 20.2 Å². The van der Waals surface area contributed by atoms with Gasteiger partial charge in [-0.2, -0.15) is 0 Å². The fraction of sp³-hybridized carbons (Fsp3) is 0.833. The zero-order valence-corrected chi connectivity index (χ0v) is 15.5. The Bertz CT molecular complexity index is 441. The lowest BCUT2D eigenvalue weighted by Gasteiger charge is -2.12. The number of carbonyl (C=O) groups excluding carboxylic acids is 1. The summed E-state index contributed by atoms with van der Waals surface area (Å²) in [5.74, 6) is 0. The second-order valence-electron chi connectivity index (χ2n) is 6.58. The van der Waals surface area contributed by atoms with Gasteiger partial charge in [0.2, 0.25) is 18.4 Å². The number of hydrogen-bond acceptors (Lipinski definition) is 6. The van der Waals surface area contributed by atoms with Crippen molar-refractivity contribution in [2.75, 3.05) is 0 Å². The van der Waals surface area contributed by atoms with Crippen LogP contribution < -0.4 is 0 Å². The number of unbranched alkanes of at least 4 members (excludes halogenated alkanes) is 4. The Labute approximate surface area is 155 Å². The maximum atomic E-state index is 11.2. The molecule has 0 amide bonds. The van der Waals surface area contributed by atoms with Gasteiger partial charge in [-0.3, -0.25) is 25.0 Å². The number of aliphatic hydroxyl groups excluding tert-OH is 1. The van der Waals surface area contributed by atoms with Crippen LogP contribution in [-0.2, 0) is 4.79 Å². The van der Waals surface area contributed by atoms with Gasteiger partial charge < -0.3 is 5.11 Å². The van der Waals surface area contributed by atoms with Crippen LogP contribution in [0.2, 0.25) is 0 Å². The fourth-order valence-electron chi connectivity index (χ4n) is 2.75. The van der Waals surface area contributed by atoms with E-state index < -0.39 is 23.1 Å². The van der Waals surface area contributed by atoms with Crippen molar-refractivity contribution in [1.82, 2.24) is 0 Å². The first-order valence-electron chi connectivity index (χ1n) is 9.40. The van der Waals surface area contributed by atoms with E-state index in [1.165, 1.54) is 6.29 Å². The Balaban J connectivity index is 4.25. The highest BCUT2D eigenvalue weighted by Crippen LogP contribution is 2.17. The molecule has 1 N–H and O–H groups in total. The quantitative estimate of drug-likeness (QED) is 0.180. The first-order valence-corrected chi connectivity index (χ1v) is 9.40. The zero-order chi connectivity index (χ0) is 19.8. The van der Waals surface area contributed by atoms with Crippen LogP contribution in [0.25, 0.3) is 0 Å². The molecule has 3 unspecified atom stereocenters. The molecule has 0 aromatic heterocycles. The molecule has 0 saturated carbocycles. The molecule has 149 valence electrons. The van der Waals surface area contributed by atoms with E-state index in [1.54, 1.807) is 0 Å². The molecule has 8 heteroatoms. The largest absolute Gasteiger partial charge is 0.385 e. The Morgan fingerprint density at radius 1 is 0.923 bits per heavy atom. The predicted octanol–water partition coefficient (Wildman–Crippen LogP) is 3.61. The smallest absolute Gasteiger partial charge is 0.229 e. The van der Waals surface area contributed by atoms with Crippen LogP contribution in [0.1, 0.15) is 77.6 Å². The molecule has 0 saturated heterocycles. The second kappa shape index (κ2) is 15.4. The van der Waals surface area contributed by atoms with Crippen molar-refractivity contribution in [3.63, 3.8) is 0 Å². The minimum Gasteiger partial charge on any atom is -0.385 e. The summed E-state index contributed by atoms with van der Waals surface area (Å²) in [7, 11) is 0. The van der Waals surface area contributed by atoms with Crippen molar-refractivity contribution in [2.45, 2.75) is 95.7 Å². The molecule has 1 radical (unpaired) electrons. The average Bonchev–Trinajstić information content (AvgIpc) is 2.60. The molecule has 26 heavy (non-hydrogen) atoms. The van der Waals surface area contributed by atoms with Crippen LogP contribution in [-0.4, -0.2) is 39.4 Å². The predicted molar refractivity (Wildman–Crippen MR) is 98.9 cm³/mol. The van der Waals surface area contributed by atoms with Gasteiger partial charge in [0.25, 0.3) is 0 Å². The van der Waals surface area contributed by atoms with Crippen molar-refractivity contribution in [1.29, 1.82) is 0 Å².